The van der Waals surface area contributed by atoms with Crippen LogP contribution in [0.3, 0.4) is 0 Å². The highest BCUT2D eigenvalue weighted by atomic mass is 28.4. The van der Waals surface area contributed by atoms with Crippen LogP contribution in [0.4, 0.5) is 0 Å². The first kappa shape index (κ1) is 17.2. The zero-order valence-corrected chi connectivity index (χ0v) is 14.6. The Hall–Kier alpha value is -0.883. The zero-order valence-electron chi connectivity index (χ0n) is 13.6. The van der Waals surface area contributed by atoms with Crippen LogP contribution >= 0.6 is 0 Å². The molecule has 1 aliphatic rings. The molecule has 1 fully saturated rings. The minimum atomic E-state index is -1.82. The molecule has 20 heavy (non-hydrogen) atoms. The molecule has 0 spiro atoms. The molecular formula is C14H27NO4Si. The Kier molecular flexibility index (Phi) is 5.02. The standard InChI is InChI=1S/C14H27NO4Si/c1-9(8-18-20(6,7)14(3,4)5)11-12(17)15-13(11)19-10(2)16/h9,11,13H,8H2,1-7H3,(H,15,17)/t9-,11-,13+/m0/s1. The molecule has 0 aliphatic carbocycles. The molecule has 0 aromatic carbocycles. The number of hydrogen-bond acceptors (Lipinski definition) is 4. The molecule has 0 radical (unpaired) electrons. The van der Waals surface area contributed by atoms with E-state index in [4.69, 9.17) is 9.16 Å². The first-order valence-electron chi connectivity index (χ1n) is 7.07. The lowest BCUT2D eigenvalue weighted by molar-refractivity contribution is -0.171. The summed E-state index contributed by atoms with van der Waals surface area (Å²) in [7, 11) is -1.82. The molecule has 1 N–H and O–H groups in total. The topological polar surface area (TPSA) is 64.6 Å². The van der Waals surface area contributed by atoms with Crippen molar-refractivity contribution in [3.05, 3.63) is 0 Å². The second-order valence-electron chi connectivity index (χ2n) is 7.11. The van der Waals surface area contributed by atoms with E-state index in [1.54, 1.807) is 0 Å². The maximum Gasteiger partial charge on any atom is 0.304 e. The third-order valence-electron chi connectivity index (χ3n) is 4.33. The lowest BCUT2D eigenvalue weighted by Gasteiger charge is -2.41. The van der Waals surface area contributed by atoms with Gasteiger partial charge in [0.05, 0.1) is 5.92 Å². The van der Waals surface area contributed by atoms with Crippen molar-refractivity contribution in [3.63, 3.8) is 0 Å². The normalized spacial score (nSPS) is 24.6. The second-order valence-corrected chi connectivity index (χ2v) is 11.9. The number of ether oxygens (including phenoxy) is 1. The van der Waals surface area contributed by atoms with Gasteiger partial charge in [0.2, 0.25) is 5.91 Å². The molecule has 116 valence electrons. The summed E-state index contributed by atoms with van der Waals surface area (Å²) in [6.45, 7) is 14.7. The van der Waals surface area contributed by atoms with E-state index in [0.717, 1.165) is 0 Å². The highest BCUT2D eigenvalue weighted by molar-refractivity contribution is 6.74. The van der Waals surface area contributed by atoms with Crippen LogP contribution in [0.5, 0.6) is 0 Å². The Bertz CT molecular complexity index is 389. The summed E-state index contributed by atoms with van der Waals surface area (Å²) in [5.41, 5.74) is 0. The van der Waals surface area contributed by atoms with Gasteiger partial charge in [-0.3, -0.25) is 9.59 Å². The molecule has 1 amide bonds. The number of nitrogens with one attached hydrogen (secondary N) is 1. The average molecular weight is 301 g/mol. The quantitative estimate of drug-likeness (QED) is 0.481. The summed E-state index contributed by atoms with van der Waals surface area (Å²) in [4.78, 5) is 22.6. The maximum atomic E-state index is 11.6. The molecule has 0 unspecified atom stereocenters. The number of hydrogen-bond donors (Lipinski definition) is 1. The van der Waals surface area contributed by atoms with Crippen molar-refractivity contribution < 1.29 is 18.8 Å². The highest BCUT2D eigenvalue weighted by Crippen LogP contribution is 2.37. The molecule has 6 heteroatoms. The summed E-state index contributed by atoms with van der Waals surface area (Å²) in [6, 6.07) is 0. The predicted octanol–water partition coefficient (Wildman–Crippen LogP) is 2.28. The van der Waals surface area contributed by atoms with Crippen molar-refractivity contribution in [1.82, 2.24) is 5.32 Å². The number of β-lactam (4-membered cyclic amide) rings is 1. The summed E-state index contributed by atoms with van der Waals surface area (Å²) >= 11 is 0. The largest absolute Gasteiger partial charge is 0.441 e. The van der Waals surface area contributed by atoms with Crippen molar-refractivity contribution >= 4 is 20.2 Å². The molecule has 1 aliphatic heterocycles. The van der Waals surface area contributed by atoms with Crippen LogP contribution in [0.2, 0.25) is 18.1 Å². The lowest BCUT2D eigenvalue weighted by atomic mass is 9.86. The minimum absolute atomic E-state index is 0.0298. The van der Waals surface area contributed by atoms with E-state index in [-0.39, 0.29) is 28.8 Å². The number of carbonyl (C=O) groups is 2. The Morgan fingerprint density at radius 3 is 2.35 bits per heavy atom. The van der Waals surface area contributed by atoms with Crippen LogP contribution in [0.15, 0.2) is 0 Å². The van der Waals surface area contributed by atoms with Gasteiger partial charge in [-0.1, -0.05) is 27.7 Å². The van der Waals surface area contributed by atoms with Gasteiger partial charge in [-0.15, -0.1) is 0 Å². The van der Waals surface area contributed by atoms with Gasteiger partial charge in [-0.05, 0) is 24.1 Å². The molecule has 1 heterocycles. The third kappa shape index (κ3) is 3.82. The van der Waals surface area contributed by atoms with E-state index in [1.807, 2.05) is 6.92 Å². The van der Waals surface area contributed by atoms with E-state index < -0.39 is 14.5 Å². The summed E-state index contributed by atoms with van der Waals surface area (Å²) in [5, 5.41) is 2.75. The summed E-state index contributed by atoms with van der Waals surface area (Å²) < 4.78 is 11.2. The number of amides is 1. The minimum Gasteiger partial charge on any atom is -0.441 e. The smallest absolute Gasteiger partial charge is 0.304 e. The van der Waals surface area contributed by atoms with E-state index in [9.17, 15) is 9.59 Å². The third-order valence-corrected chi connectivity index (χ3v) is 8.83. The van der Waals surface area contributed by atoms with E-state index in [0.29, 0.717) is 6.61 Å². The molecule has 0 aromatic rings. The maximum absolute atomic E-state index is 11.6. The highest BCUT2D eigenvalue weighted by Gasteiger charge is 2.46. The Labute approximate surface area is 122 Å². The Morgan fingerprint density at radius 2 is 1.95 bits per heavy atom. The average Bonchev–Trinajstić information content (AvgIpc) is 2.23. The van der Waals surface area contributed by atoms with Gasteiger partial charge in [0.25, 0.3) is 0 Å². The number of esters is 1. The van der Waals surface area contributed by atoms with Gasteiger partial charge in [-0.25, -0.2) is 0 Å². The molecule has 0 bridgehead atoms. The van der Waals surface area contributed by atoms with Gasteiger partial charge in [0.15, 0.2) is 14.5 Å². The Morgan fingerprint density at radius 1 is 1.40 bits per heavy atom. The van der Waals surface area contributed by atoms with E-state index in [2.05, 4.69) is 39.2 Å². The SMILES string of the molecule is CC(=O)O[C@H]1NC(=O)[C@@H]1[C@@H](C)CO[Si](C)(C)C(C)(C)C. The first-order chi connectivity index (χ1) is 8.95. The van der Waals surface area contributed by atoms with E-state index >= 15 is 0 Å². The van der Waals surface area contributed by atoms with Gasteiger partial charge in [0.1, 0.15) is 0 Å². The van der Waals surface area contributed by atoms with Crippen molar-refractivity contribution in [2.24, 2.45) is 11.8 Å². The van der Waals surface area contributed by atoms with Crippen molar-refractivity contribution in [3.8, 4) is 0 Å². The van der Waals surface area contributed by atoms with Crippen molar-refractivity contribution in [1.29, 1.82) is 0 Å². The number of rotatable bonds is 5. The van der Waals surface area contributed by atoms with Crippen LogP contribution in [-0.4, -0.2) is 33.0 Å². The molecule has 0 saturated carbocycles. The summed E-state index contributed by atoms with van der Waals surface area (Å²) in [6.07, 6.45) is -0.502. The molecule has 5 nitrogen and oxygen atoms in total. The predicted molar refractivity (Wildman–Crippen MR) is 79.5 cm³/mol. The fourth-order valence-corrected chi connectivity index (χ4v) is 2.98. The van der Waals surface area contributed by atoms with Crippen LogP contribution < -0.4 is 5.32 Å². The monoisotopic (exact) mass is 301 g/mol. The van der Waals surface area contributed by atoms with Crippen LogP contribution in [0, 0.1) is 11.8 Å². The fraction of sp³-hybridized carbons (Fsp3) is 0.857. The molecular weight excluding hydrogens is 274 g/mol. The molecule has 1 saturated heterocycles. The fourth-order valence-electron chi connectivity index (χ4n) is 1.87. The van der Waals surface area contributed by atoms with Gasteiger partial charge in [-0.2, -0.15) is 0 Å². The van der Waals surface area contributed by atoms with Crippen LogP contribution in [0.25, 0.3) is 0 Å². The lowest BCUT2D eigenvalue weighted by Crippen LogP contribution is -2.62. The van der Waals surface area contributed by atoms with Gasteiger partial charge >= 0.3 is 5.97 Å². The van der Waals surface area contributed by atoms with Gasteiger partial charge < -0.3 is 14.5 Å². The van der Waals surface area contributed by atoms with E-state index in [1.165, 1.54) is 6.92 Å². The Balaban J connectivity index is 2.56. The van der Waals surface area contributed by atoms with Crippen LogP contribution in [0.1, 0.15) is 34.6 Å². The first-order valence-corrected chi connectivity index (χ1v) is 9.98. The van der Waals surface area contributed by atoms with Gasteiger partial charge in [0, 0.05) is 13.5 Å². The second kappa shape index (κ2) is 5.85. The molecule has 3 atom stereocenters. The van der Waals surface area contributed by atoms with Crippen molar-refractivity contribution in [2.45, 2.75) is 59.0 Å². The molecule has 0 aromatic heterocycles. The molecule has 1 rings (SSSR count). The van der Waals surface area contributed by atoms with Crippen LogP contribution in [-0.2, 0) is 18.8 Å². The summed E-state index contributed by atoms with van der Waals surface area (Å²) in [5.74, 6) is -0.717. The zero-order chi connectivity index (χ0) is 15.7. The number of carbonyl (C=O) groups excluding carboxylic acids is 2. The van der Waals surface area contributed by atoms with Crippen molar-refractivity contribution in [2.75, 3.05) is 6.61 Å².